The van der Waals surface area contributed by atoms with Crippen LogP contribution in [0.1, 0.15) is 39.2 Å². The third kappa shape index (κ3) is 3.47. The van der Waals surface area contributed by atoms with E-state index in [1.54, 1.807) is 0 Å². The van der Waals surface area contributed by atoms with Crippen molar-refractivity contribution < 1.29 is 19.1 Å². The largest absolute Gasteiger partial charge is 0.591 e. The number of nitrogens with zero attached hydrogens (tertiary/aromatic N) is 1. The molecule has 0 bridgehead atoms. The van der Waals surface area contributed by atoms with E-state index >= 15 is 0 Å². The molecule has 6 heteroatoms. The van der Waals surface area contributed by atoms with Gasteiger partial charge in [0.05, 0.1) is 18.1 Å². The average molecular weight is 351 g/mol. The van der Waals surface area contributed by atoms with Gasteiger partial charge in [0.2, 0.25) is 0 Å². The summed E-state index contributed by atoms with van der Waals surface area (Å²) < 4.78 is 28.0. The third-order valence-electron chi connectivity index (χ3n) is 4.61. The van der Waals surface area contributed by atoms with Crippen molar-refractivity contribution in [2.45, 2.75) is 44.0 Å². The van der Waals surface area contributed by atoms with Crippen LogP contribution in [0.2, 0.25) is 0 Å². The zero-order chi connectivity index (χ0) is 17.4. The van der Waals surface area contributed by atoms with Gasteiger partial charge in [0.1, 0.15) is 27.6 Å². The zero-order valence-electron chi connectivity index (χ0n) is 14.4. The number of hydrogen-bond donors (Lipinski definition) is 1. The molecule has 132 valence electrons. The predicted molar refractivity (Wildman–Crippen MR) is 94.9 cm³/mol. The molecule has 2 atom stereocenters. The maximum atomic E-state index is 12.7. The lowest BCUT2D eigenvalue weighted by atomic mass is 9.76. The van der Waals surface area contributed by atoms with Crippen molar-refractivity contribution in [3.8, 4) is 5.75 Å². The van der Waals surface area contributed by atoms with Crippen molar-refractivity contribution in [3.63, 3.8) is 0 Å². The fraction of sp³-hybridized carbons (Fsp3) is 0.611. The Morgan fingerprint density at radius 2 is 1.92 bits per heavy atom. The first-order valence-electron chi connectivity index (χ1n) is 8.34. The van der Waals surface area contributed by atoms with Gasteiger partial charge >= 0.3 is 0 Å². The molecule has 0 aromatic heterocycles. The predicted octanol–water partition coefficient (Wildman–Crippen LogP) is 2.49. The summed E-state index contributed by atoms with van der Waals surface area (Å²) in [6, 6.07) is 7.62. The van der Waals surface area contributed by atoms with Crippen molar-refractivity contribution >= 4 is 17.1 Å². The van der Waals surface area contributed by atoms with Gasteiger partial charge in [0.25, 0.3) is 0 Å². The molecular weight excluding hydrogens is 326 g/mol. The molecule has 2 aliphatic rings. The lowest BCUT2D eigenvalue weighted by Crippen LogP contribution is -2.51. The number of rotatable bonds is 2. The summed E-state index contributed by atoms with van der Waals surface area (Å²) in [7, 11) is 0. The summed E-state index contributed by atoms with van der Waals surface area (Å²) in [6.07, 6.45) is 1.06. The van der Waals surface area contributed by atoms with Gasteiger partial charge in [0.15, 0.2) is 0 Å². The monoisotopic (exact) mass is 351 g/mol. The van der Waals surface area contributed by atoms with Crippen LogP contribution < -0.4 is 4.74 Å². The lowest BCUT2D eigenvalue weighted by molar-refractivity contribution is -0.0912. The summed E-state index contributed by atoms with van der Waals surface area (Å²) in [5.74, 6) is 0.427. The van der Waals surface area contributed by atoms with Crippen molar-refractivity contribution in [1.29, 1.82) is 0 Å². The van der Waals surface area contributed by atoms with Crippen LogP contribution in [-0.4, -0.2) is 45.5 Å². The van der Waals surface area contributed by atoms with Gasteiger partial charge in [-0.2, -0.15) is 0 Å². The van der Waals surface area contributed by atoms with Crippen LogP contribution in [0.5, 0.6) is 5.75 Å². The normalized spacial score (nSPS) is 26.5. The zero-order valence-corrected chi connectivity index (χ0v) is 15.3. The number of para-hydroxylation sites is 1. The summed E-state index contributed by atoms with van der Waals surface area (Å²) in [6.45, 7) is 7.08. The number of hydrogen-bond acceptors (Lipinski definition) is 5. The summed E-state index contributed by atoms with van der Waals surface area (Å²) in [5.41, 5.74) is 0.577. The molecular formula is C18H25NO4S. The lowest BCUT2D eigenvalue weighted by Gasteiger charge is -2.41. The maximum absolute atomic E-state index is 12.7. The molecule has 2 heterocycles. The standard InChI is InChI=1S/C18H25NO4S/c1-17(2,3)24(21)19-16-13-6-4-5-7-15(13)23-12-14(16)18(20)8-10-22-11-9-18/h4-7,14,20H,8-12H2,1-3H3/t14-,24?/m0/s1. The second kappa shape index (κ2) is 6.67. The minimum absolute atomic E-state index is 0.303. The Morgan fingerprint density at radius 3 is 2.58 bits per heavy atom. The average Bonchev–Trinajstić information content (AvgIpc) is 2.54. The Morgan fingerprint density at radius 1 is 1.25 bits per heavy atom. The Bertz CT molecular complexity index is 620. The van der Waals surface area contributed by atoms with Gasteiger partial charge in [-0.05, 0) is 32.9 Å². The molecule has 0 radical (unpaired) electrons. The van der Waals surface area contributed by atoms with Crippen molar-refractivity contribution in [1.82, 2.24) is 0 Å². The van der Waals surface area contributed by atoms with Crippen LogP contribution in [0.3, 0.4) is 0 Å². The van der Waals surface area contributed by atoms with Gasteiger partial charge < -0.3 is 19.1 Å². The fourth-order valence-corrected chi connectivity index (χ4v) is 3.74. The highest BCUT2D eigenvalue weighted by molar-refractivity contribution is 7.91. The van der Waals surface area contributed by atoms with E-state index in [0.717, 1.165) is 11.3 Å². The van der Waals surface area contributed by atoms with Gasteiger partial charge in [-0.25, -0.2) is 0 Å². The van der Waals surface area contributed by atoms with Crippen LogP contribution in [0.15, 0.2) is 28.7 Å². The SMILES string of the molecule is CC(C)(C)[S+]([O-])N=C1c2ccccc2OC[C@@H]1C1(O)CCOCC1. The van der Waals surface area contributed by atoms with Crippen LogP contribution in [0, 0.1) is 5.92 Å². The highest BCUT2D eigenvalue weighted by Gasteiger charge is 2.46. The van der Waals surface area contributed by atoms with Gasteiger partial charge in [-0.1, -0.05) is 16.5 Å². The molecule has 2 aliphatic heterocycles. The van der Waals surface area contributed by atoms with E-state index in [0.29, 0.717) is 38.4 Å². The Labute approximate surface area is 146 Å². The first-order valence-corrected chi connectivity index (χ1v) is 9.45. The number of fused-ring (bicyclic) bond motifs is 1. The molecule has 0 saturated carbocycles. The second-order valence-electron chi connectivity index (χ2n) is 7.41. The van der Waals surface area contributed by atoms with E-state index in [9.17, 15) is 9.66 Å². The van der Waals surface area contributed by atoms with Gasteiger partial charge in [-0.3, -0.25) is 0 Å². The fourth-order valence-electron chi connectivity index (χ4n) is 3.07. The van der Waals surface area contributed by atoms with E-state index in [-0.39, 0.29) is 5.92 Å². The topological polar surface area (TPSA) is 74.1 Å². The molecule has 1 aromatic rings. The van der Waals surface area contributed by atoms with Gasteiger partial charge in [0, 0.05) is 31.6 Å². The second-order valence-corrected chi connectivity index (χ2v) is 9.32. The van der Waals surface area contributed by atoms with Crippen LogP contribution >= 0.6 is 0 Å². The van der Waals surface area contributed by atoms with E-state index in [1.807, 2.05) is 45.0 Å². The van der Waals surface area contributed by atoms with Crippen LogP contribution in [-0.2, 0) is 16.1 Å². The van der Waals surface area contributed by atoms with Crippen molar-refractivity contribution in [3.05, 3.63) is 29.8 Å². The molecule has 1 unspecified atom stereocenters. The summed E-state index contributed by atoms with van der Waals surface area (Å²) in [4.78, 5) is 0. The van der Waals surface area contributed by atoms with Gasteiger partial charge in [-0.15, -0.1) is 0 Å². The number of benzene rings is 1. The number of ether oxygens (including phenoxy) is 2. The first kappa shape index (κ1) is 17.7. The molecule has 0 amide bonds. The molecule has 3 rings (SSSR count). The van der Waals surface area contributed by atoms with E-state index in [4.69, 9.17) is 9.47 Å². The van der Waals surface area contributed by atoms with Crippen LogP contribution in [0.25, 0.3) is 0 Å². The smallest absolute Gasteiger partial charge is 0.144 e. The quantitative estimate of drug-likeness (QED) is 0.831. The van der Waals surface area contributed by atoms with E-state index in [2.05, 4.69) is 4.40 Å². The maximum Gasteiger partial charge on any atom is 0.144 e. The van der Waals surface area contributed by atoms with Crippen molar-refractivity contribution in [2.75, 3.05) is 19.8 Å². The highest BCUT2D eigenvalue weighted by Crippen LogP contribution is 2.38. The molecule has 5 nitrogen and oxygen atoms in total. The van der Waals surface area contributed by atoms with Crippen LogP contribution in [0.4, 0.5) is 0 Å². The molecule has 0 spiro atoms. The molecule has 1 aromatic carbocycles. The Hall–Kier alpha value is -1.08. The summed E-state index contributed by atoms with van der Waals surface area (Å²) in [5, 5.41) is 11.2. The molecule has 1 fully saturated rings. The Kier molecular flexibility index (Phi) is 4.93. The Balaban J connectivity index is 2.04. The molecule has 0 aliphatic carbocycles. The highest BCUT2D eigenvalue weighted by atomic mass is 32.2. The summed E-state index contributed by atoms with van der Waals surface area (Å²) >= 11 is -1.40. The molecule has 24 heavy (non-hydrogen) atoms. The van der Waals surface area contributed by atoms with E-state index in [1.165, 1.54) is 0 Å². The number of aliphatic hydroxyl groups is 1. The minimum Gasteiger partial charge on any atom is -0.591 e. The first-order chi connectivity index (χ1) is 11.3. The molecule has 1 saturated heterocycles. The third-order valence-corrected chi connectivity index (χ3v) is 6.02. The van der Waals surface area contributed by atoms with Crippen molar-refractivity contribution in [2.24, 2.45) is 10.3 Å². The molecule has 1 N–H and O–H groups in total. The minimum atomic E-state index is -1.40. The van der Waals surface area contributed by atoms with E-state index < -0.39 is 21.7 Å².